The molecule has 4 heteroatoms. The molecular weight excluding hydrogens is 232 g/mol. The van der Waals surface area contributed by atoms with Gasteiger partial charge in [-0.05, 0) is 35.0 Å². The van der Waals surface area contributed by atoms with Crippen LogP contribution in [0.1, 0.15) is 11.5 Å². The lowest BCUT2D eigenvalue weighted by Gasteiger charge is -1.95. The van der Waals surface area contributed by atoms with Crippen molar-refractivity contribution in [1.82, 2.24) is 9.78 Å². The second-order valence-electron chi connectivity index (χ2n) is 2.87. The third-order valence-electron chi connectivity index (χ3n) is 1.72. The number of halogens is 1. The van der Waals surface area contributed by atoms with Gasteiger partial charge < -0.3 is 4.42 Å². The van der Waals surface area contributed by atoms with Crippen molar-refractivity contribution in [3.8, 4) is 0 Å². The van der Waals surface area contributed by atoms with Gasteiger partial charge in [0, 0.05) is 6.20 Å². The first-order valence-corrected chi connectivity index (χ1v) is 4.76. The fourth-order valence-electron chi connectivity index (χ4n) is 1.15. The van der Waals surface area contributed by atoms with Crippen molar-refractivity contribution in [2.24, 2.45) is 0 Å². The van der Waals surface area contributed by atoms with Gasteiger partial charge in [0.25, 0.3) is 0 Å². The quantitative estimate of drug-likeness (QED) is 0.809. The Hall–Kier alpha value is -1.03. The molecule has 13 heavy (non-hydrogen) atoms. The molecule has 0 aliphatic heterocycles. The van der Waals surface area contributed by atoms with E-state index in [9.17, 15) is 0 Å². The highest BCUT2D eigenvalue weighted by Crippen LogP contribution is 2.10. The van der Waals surface area contributed by atoms with Gasteiger partial charge in [0.2, 0.25) is 0 Å². The van der Waals surface area contributed by atoms with Crippen LogP contribution in [-0.4, -0.2) is 9.78 Å². The molecule has 0 N–H and O–H groups in total. The van der Waals surface area contributed by atoms with E-state index in [2.05, 4.69) is 21.0 Å². The van der Waals surface area contributed by atoms with Crippen molar-refractivity contribution in [2.45, 2.75) is 13.5 Å². The summed E-state index contributed by atoms with van der Waals surface area (Å²) < 4.78 is 8.22. The van der Waals surface area contributed by atoms with E-state index in [1.54, 1.807) is 6.20 Å². The molecule has 2 aromatic heterocycles. The Balaban J connectivity index is 2.14. The average Bonchev–Trinajstić information content (AvgIpc) is 2.62. The molecule has 0 unspecified atom stereocenters. The highest BCUT2D eigenvalue weighted by Gasteiger charge is 2.00. The normalized spacial score (nSPS) is 10.6. The van der Waals surface area contributed by atoms with Crippen LogP contribution in [0.4, 0.5) is 0 Å². The number of aryl methyl sites for hydroxylation is 1. The van der Waals surface area contributed by atoms with Gasteiger partial charge in [-0.1, -0.05) is 0 Å². The maximum absolute atomic E-state index is 5.42. The van der Waals surface area contributed by atoms with Gasteiger partial charge in [0.15, 0.2) is 0 Å². The lowest BCUT2D eigenvalue weighted by atomic mass is 10.4. The van der Waals surface area contributed by atoms with Crippen LogP contribution in [0.25, 0.3) is 0 Å². The third-order valence-corrected chi connectivity index (χ3v) is 2.13. The fourth-order valence-corrected chi connectivity index (χ4v) is 1.48. The second kappa shape index (κ2) is 3.38. The molecule has 0 aromatic carbocycles. The van der Waals surface area contributed by atoms with Crippen LogP contribution in [0, 0.1) is 6.92 Å². The Kier molecular flexibility index (Phi) is 2.22. The SMILES string of the molecule is Cc1ccc(Cn2cc(Br)cn2)o1. The van der Waals surface area contributed by atoms with Crippen molar-refractivity contribution >= 4 is 15.9 Å². The third kappa shape index (κ3) is 2.01. The molecule has 0 spiro atoms. The van der Waals surface area contributed by atoms with Gasteiger partial charge in [0.1, 0.15) is 11.5 Å². The first-order valence-electron chi connectivity index (χ1n) is 3.97. The molecule has 0 aliphatic carbocycles. The Morgan fingerprint density at radius 2 is 2.38 bits per heavy atom. The monoisotopic (exact) mass is 240 g/mol. The van der Waals surface area contributed by atoms with E-state index in [1.807, 2.05) is 29.9 Å². The van der Waals surface area contributed by atoms with Crippen molar-refractivity contribution < 1.29 is 4.42 Å². The highest BCUT2D eigenvalue weighted by atomic mass is 79.9. The van der Waals surface area contributed by atoms with E-state index in [0.29, 0.717) is 6.54 Å². The van der Waals surface area contributed by atoms with Crippen LogP contribution in [-0.2, 0) is 6.54 Å². The van der Waals surface area contributed by atoms with Crippen LogP contribution >= 0.6 is 15.9 Å². The first kappa shape index (κ1) is 8.56. The molecular formula is C9H9BrN2O. The molecule has 0 amide bonds. The largest absolute Gasteiger partial charge is 0.464 e. The molecule has 2 rings (SSSR count). The van der Waals surface area contributed by atoms with Crippen molar-refractivity contribution in [1.29, 1.82) is 0 Å². The zero-order chi connectivity index (χ0) is 9.26. The van der Waals surface area contributed by atoms with E-state index >= 15 is 0 Å². The molecule has 0 aliphatic rings. The maximum atomic E-state index is 5.42. The molecule has 3 nitrogen and oxygen atoms in total. The minimum Gasteiger partial charge on any atom is -0.464 e. The zero-order valence-electron chi connectivity index (χ0n) is 7.20. The smallest absolute Gasteiger partial charge is 0.125 e. The molecule has 0 radical (unpaired) electrons. The van der Waals surface area contributed by atoms with E-state index in [4.69, 9.17) is 4.42 Å². The second-order valence-corrected chi connectivity index (χ2v) is 3.78. The highest BCUT2D eigenvalue weighted by molar-refractivity contribution is 9.10. The number of furan rings is 1. The van der Waals surface area contributed by atoms with Gasteiger partial charge in [-0.25, -0.2) is 0 Å². The predicted molar refractivity (Wildman–Crippen MR) is 52.5 cm³/mol. The zero-order valence-corrected chi connectivity index (χ0v) is 8.78. The number of nitrogens with zero attached hydrogens (tertiary/aromatic N) is 2. The van der Waals surface area contributed by atoms with Gasteiger partial charge in [-0.3, -0.25) is 4.68 Å². The Labute approximate surface area is 84.5 Å². The summed E-state index contributed by atoms with van der Waals surface area (Å²) in [4.78, 5) is 0. The molecule has 0 bridgehead atoms. The minimum atomic E-state index is 0.680. The van der Waals surface area contributed by atoms with Crippen molar-refractivity contribution in [3.05, 3.63) is 40.5 Å². The fraction of sp³-hybridized carbons (Fsp3) is 0.222. The van der Waals surface area contributed by atoms with Crippen LogP contribution in [0.5, 0.6) is 0 Å². The summed E-state index contributed by atoms with van der Waals surface area (Å²) in [5, 5.41) is 4.13. The lowest BCUT2D eigenvalue weighted by Crippen LogP contribution is -1.97. The molecule has 0 fully saturated rings. The van der Waals surface area contributed by atoms with Gasteiger partial charge in [-0.15, -0.1) is 0 Å². The van der Waals surface area contributed by atoms with E-state index in [-0.39, 0.29) is 0 Å². The van der Waals surface area contributed by atoms with Gasteiger partial charge >= 0.3 is 0 Å². The molecule has 2 aromatic rings. The lowest BCUT2D eigenvalue weighted by molar-refractivity contribution is 0.459. The molecule has 0 atom stereocenters. The van der Waals surface area contributed by atoms with Crippen LogP contribution in [0.3, 0.4) is 0 Å². The standard InChI is InChI=1S/C9H9BrN2O/c1-7-2-3-9(13-7)6-12-5-8(10)4-11-12/h2-5H,6H2,1H3. The van der Waals surface area contributed by atoms with Crippen LogP contribution in [0.2, 0.25) is 0 Å². The van der Waals surface area contributed by atoms with Crippen LogP contribution in [0.15, 0.2) is 33.4 Å². The van der Waals surface area contributed by atoms with E-state index in [1.165, 1.54) is 0 Å². The maximum Gasteiger partial charge on any atom is 0.125 e. The van der Waals surface area contributed by atoms with Crippen molar-refractivity contribution in [3.63, 3.8) is 0 Å². The van der Waals surface area contributed by atoms with E-state index in [0.717, 1.165) is 16.0 Å². The topological polar surface area (TPSA) is 31.0 Å². The number of hydrogen-bond acceptors (Lipinski definition) is 2. The van der Waals surface area contributed by atoms with Crippen molar-refractivity contribution in [2.75, 3.05) is 0 Å². The number of aromatic nitrogens is 2. The summed E-state index contributed by atoms with van der Waals surface area (Å²) in [6.45, 7) is 2.61. The summed E-state index contributed by atoms with van der Waals surface area (Å²) in [6.07, 6.45) is 3.67. The summed E-state index contributed by atoms with van der Waals surface area (Å²) in [7, 11) is 0. The number of hydrogen-bond donors (Lipinski definition) is 0. The summed E-state index contributed by atoms with van der Waals surface area (Å²) in [5.74, 6) is 1.86. The van der Waals surface area contributed by atoms with Gasteiger partial charge in [-0.2, -0.15) is 5.10 Å². The summed E-state index contributed by atoms with van der Waals surface area (Å²) in [6, 6.07) is 3.92. The summed E-state index contributed by atoms with van der Waals surface area (Å²) >= 11 is 3.34. The molecule has 68 valence electrons. The Bertz CT molecular complexity index is 367. The van der Waals surface area contributed by atoms with Gasteiger partial charge in [0.05, 0.1) is 17.2 Å². The minimum absolute atomic E-state index is 0.680. The molecule has 2 heterocycles. The van der Waals surface area contributed by atoms with E-state index < -0.39 is 0 Å². The molecule has 0 saturated carbocycles. The average molecular weight is 241 g/mol. The Morgan fingerprint density at radius 1 is 1.54 bits per heavy atom. The summed E-state index contributed by atoms with van der Waals surface area (Å²) in [5.41, 5.74) is 0. The first-order chi connectivity index (χ1) is 6.24. The molecule has 0 saturated heterocycles. The van der Waals surface area contributed by atoms with Crippen LogP contribution < -0.4 is 0 Å². The predicted octanol–water partition coefficient (Wildman–Crippen LogP) is 2.60. The Morgan fingerprint density at radius 3 is 2.92 bits per heavy atom. The number of rotatable bonds is 2.